The normalized spacial score (nSPS) is 25.3. The van der Waals surface area contributed by atoms with Crippen molar-refractivity contribution in [1.82, 2.24) is 5.32 Å². The standard InChI is InChI=1S/C17H27N3O/c1-13-6-5-9-15(11-10-13)19-12-16(17(18)20-21)14-7-3-2-4-8-14/h2-4,7-8,13,15-16,19,21H,5-6,9-12H2,1H3,(H2,18,20). The van der Waals surface area contributed by atoms with E-state index in [-0.39, 0.29) is 11.8 Å². The number of rotatable bonds is 5. The molecule has 1 aliphatic carbocycles. The molecule has 4 N–H and O–H groups in total. The first-order chi connectivity index (χ1) is 10.2. The molecule has 0 saturated heterocycles. The van der Waals surface area contributed by atoms with Crippen molar-refractivity contribution in [2.75, 3.05) is 6.54 Å². The van der Waals surface area contributed by atoms with Crippen LogP contribution in [0, 0.1) is 5.92 Å². The summed E-state index contributed by atoms with van der Waals surface area (Å²) in [7, 11) is 0. The zero-order chi connectivity index (χ0) is 15.1. The molecule has 1 aromatic carbocycles. The summed E-state index contributed by atoms with van der Waals surface area (Å²) in [6.45, 7) is 3.06. The van der Waals surface area contributed by atoms with Crippen LogP contribution in [-0.2, 0) is 0 Å². The van der Waals surface area contributed by atoms with Gasteiger partial charge in [0.1, 0.15) is 5.84 Å². The zero-order valence-corrected chi connectivity index (χ0v) is 12.8. The summed E-state index contributed by atoms with van der Waals surface area (Å²) in [6, 6.07) is 10.6. The molecule has 1 saturated carbocycles. The summed E-state index contributed by atoms with van der Waals surface area (Å²) in [6.07, 6.45) is 6.36. The summed E-state index contributed by atoms with van der Waals surface area (Å²) >= 11 is 0. The van der Waals surface area contributed by atoms with E-state index in [0.29, 0.717) is 6.04 Å². The van der Waals surface area contributed by atoms with Gasteiger partial charge in [-0.15, -0.1) is 0 Å². The first kappa shape index (κ1) is 15.8. The molecule has 0 aromatic heterocycles. The highest BCUT2D eigenvalue weighted by molar-refractivity contribution is 5.87. The maximum absolute atomic E-state index is 9.02. The minimum Gasteiger partial charge on any atom is -0.409 e. The summed E-state index contributed by atoms with van der Waals surface area (Å²) in [4.78, 5) is 0. The smallest absolute Gasteiger partial charge is 0.147 e. The average molecular weight is 289 g/mol. The van der Waals surface area contributed by atoms with Gasteiger partial charge in [0.05, 0.1) is 5.92 Å². The molecule has 116 valence electrons. The monoisotopic (exact) mass is 289 g/mol. The fourth-order valence-electron chi connectivity index (χ4n) is 3.12. The van der Waals surface area contributed by atoms with Gasteiger partial charge in [0.25, 0.3) is 0 Å². The first-order valence-electron chi connectivity index (χ1n) is 7.96. The SMILES string of the molecule is CC1CCCC(NCC(/C(N)=N/O)c2ccccc2)CC1. The summed E-state index contributed by atoms with van der Waals surface area (Å²) in [5.41, 5.74) is 6.96. The molecule has 0 spiro atoms. The highest BCUT2D eigenvalue weighted by Gasteiger charge is 2.20. The van der Waals surface area contributed by atoms with Crippen molar-refractivity contribution >= 4 is 5.84 Å². The average Bonchev–Trinajstić information content (AvgIpc) is 2.73. The van der Waals surface area contributed by atoms with Crippen molar-refractivity contribution in [3.8, 4) is 0 Å². The second-order valence-electron chi connectivity index (χ2n) is 6.21. The van der Waals surface area contributed by atoms with Gasteiger partial charge in [0.2, 0.25) is 0 Å². The molecule has 0 bridgehead atoms. The van der Waals surface area contributed by atoms with E-state index in [1.165, 1.54) is 32.1 Å². The molecule has 0 radical (unpaired) electrons. The van der Waals surface area contributed by atoms with Crippen LogP contribution in [0.15, 0.2) is 35.5 Å². The van der Waals surface area contributed by atoms with Crippen molar-refractivity contribution in [2.24, 2.45) is 16.8 Å². The highest BCUT2D eigenvalue weighted by Crippen LogP contribution is 2.23. The van der Waals surface area contributed by atoms with Gasteiger partial charge in [0.15, 0.2) is 0 Å². The lowest BCUT2D eigenvalue weighted by Gasteiger charge is -2.22. The molecule has 0 heterocycles. The molecule has 0 amide bonds. The third-order valence-electron chi connectivity index (χ3n) is 4.54. The molecular formula is C17H27N3O. The summed E-state index contributed by atoms with van der Waals surface area (Å²) < 4.78 is 0. The van der Waals surface area contributed by atoms with Gasteiger partial charge in [-0.3, -0.25) is 0 Å². The molecular weight excluding hydrogens is 262 g/mol. The quantitative estimate of drug-likeness (QED) is 0.256. The molecule has 4 heteroatoms. The van der Waals surface area contributed by atoms with E-state index in [4.69, 9.17) is 10.9 Å². The first-order valence-corrected chi connectivity index (χ1v) is 7.96. The fourth-order valence-corrected chi connectivity index (χ4v) is 3.12. The van der Waals surface area contributed by atoms with Crippen LogP contribution in [-0.4, -0.2) is 23.6 Å². The molecule has 1 aliphatic rings. The second-order valence-corrected chi connectivity index (χ2v) is 6.21. The Bertz CT molecular complexity index is 447. The lowest BCUT2D eigenvalue weighted by atomic mass is 9.97. The Morgan fingerprint density at radius 1 is 1.29 bits per heavy atom. The van der Waals surface area contributed by atoms with E-state index in [2.05, 4.69) is 17.4 Å². The van der Waals surface area contributed by atoms with Gasteiger partial charge in [-0.05, 0) is 30.7 Å². The molecule has 2 rings (SSSR count). The predicted octanol–water partition coefficient (Wildman–Crippen LogP) is 3.08. The Labute approximate surface area is 127 Å². The highest BCUT2D eigenvalue weighted by atomic mass is 16.4. The van der Waals surface area contributed by atoms with Gasteiger partial charge in [0, 0.05) is 12.6 Å². The van der Waals surface area contributed by atoms with E-state index in [1.54, 1.807) is 0 Å². The molecule has 21 heavy (non-hydrogen) atoms. The molecule has 1 fully saturated rings. The maximum atomic E-state index is 9.02. The van der Waals surface area contributed by atoms with Crippen LogP contribution in [0.25, 0.3) is 0 Å². The van der Waals surface area contributed by atoms with Crippen molar-refractivity contribution in [2.45, 2.75) is 51.0 Å². The maximum Gasteiger partial charge on any atom is 0.147 e. The number of amidine groups is 1. The van der Waals surface area contributed by atoms with Crippen LogP contribution < -0.4 is 11.1 Å². The Hall–Kier alpha value is -1.55. The van der Waals surface area contributed by atoms with Crippen LogP contribution >= 0.6 is 0 Å². The van der Waals surface area contributed by atoms with E-state index in [1.807, 2.05) is 30.3 Å². The lowest BCUT2D eigenvalue weighted by molar-refractivity contribution is 0.315. The Morgan fingerprint density at radius 3 is 2.76 bits per heavy atom. The number of hydrogen-bond acceptors (Lipinski definition) is 3. The molecule has 4 nitrogen and oxygen atoms in total. The van der Waals surface area contributed by atoms with Crippen molar-refractivity contribution in [3.05, 3.63) is 35.9 Å². The Morgan fingerprint density at radius 2 is 2.05 bits per heavy atom. The van der Waals surface area contributed by atoms with Gasteiger partial charge in [-0.2, -0.15) is 0 Å². The van der Waals surface area contributed by atoms with E-state index >= 15 is 0 Å². The second kappa shape index (κ2) is 8.03. The van der Waals surface area contributed by atoms with Gasteiger partial charge >= 0.3 is 0 Å². The minimum absolute atomic E-state index is 0.0723. The molecule has 3 atom stereocenters. The summed E-state index contributed by atoms with van der Waals surface area (Å²) in [5.74, 6) is 1.04. The lowest BCUT2D eigenvalue weighted by Crippen LogP contribution is -2.37. The number of hydrogen-bond donors (Lipinski definition) is 3. The van der Waals surface area contributed by atoms with E-state index in [9.17, 15) is 0 Å². The number of benzene rings is 1. The predicted molar refractivity (Wildman–Crippen MR) is 86.6 cm³/mol. The number of oxime groups is 1. The molecule has 1 aromatic rings. The number of nitrogens with zero attached hydrogens (tertiary/aromatic N) is 1. The fraction of sp³-hybridized carbons (Fsp3) is 0.588. The van der Waals surface area contributed by atoms with Crippen LogP contribution in [0.2, 0.25) is 0 Å². The van der Waals surface area contributed by atoms with Crippen LogP contribution in [0.1, 0.15) is 50.5 Å². The van der Waals surface area contributed by atoms with E-state index < -0.39 is 0 Å². The number of nitrogens with one attached hydrogen (secondary N) is 1. The van der Waals surface area contributed by atoms with Crippen molar-refractivity contribution in [1.29, 1.82) is 0 Å². The van der Waals surface area contributed by atoms with Crippen LogP contribution in [0.5, 0.6) is 0 Å². The zero-order valence-electron chi connectivity index (χ0n) is 12.8. The number of nitrogens with two attached hydrogens (primary N) is 1. The minimum atomic E-state index is -0.0723. The van der Waals surface area contributed by atoms with Gasteiger partial charge in [-0.25, -0.2) is 0 Å². The molecule has 0 aliphatic heterocycles. The van der Waals surface area contributed by atoms with Crippen LogP contribution in [0.4, 0.5) is 0 Å². The largest absolute Gasteiger partial charge is 0.409 e. The summed E-state index contributed by atoms with van der Waals surface area (Å²) in [5, 5.41) is 15.9. The van der Waals surface area contributed by atoms with Crippen molar-refractivity contribution in [3.63, 3.8) is 0 Å². The van der Waals surface area contributed by atoms with Gasteiger partial charge < -0.3 is 16.3 Å². The third kappa shape index (κ3) is 4.74. The van der Waals surface area contributed by atoms with Crippen LogP contribution in [0.3, 0.4) is 0 Å². The molecule has 3 unspecified atom stereocenters. The Kier molecular flexibility index (Phi) is 6.05. The Balaban J connectivity index is 1.96. The van der Waals surface area contributed by atoms with Gasteiger partial charge in [-0.1, -0.05) is 55.3 Å². The third-order valence-corrected chi connectivity index (χ3v) is 4.54. The topological polar surface area (TPSA) is 70.6 Å². The van der Waals surface area contributed by atoms with E-state index in [0.717, 1.165) is 18.0 Å². The van der Waals surface area contributed by atoms with Crippen molar-refractivity contribution < 1.29 is 5.21 Å².